The van der Waals surface area contributed by atoms with Crippen molar-refractivity contribution in [3.63, 3.8) is 0 Å². The number of aryl methyl sites for hydroxylation is 1. The smallest absolute Gasteiger partial charge is 0.137 e. The van der Waals surface area contributed by atoms with E-state index in [2.05, 4.69) is 26.1 Å². The zero-order valence-corrected chi connectivity index (χ0v) is 13.2. The SMILES string of the molecule is Cc1cc(Cl)cc2c(CC(C)C)c(CNC3CC3)oc12. The zero-order valence-electron chi connectivity index (χ0n) is 12.4. The van der Waals surface area contributed by atoms with Crippen molar-refractivity contribution < 1.29 is 4.42 Å². The van der Waals surface area contributed by atoms with Gasteiger partial charge in [-0.2, -0.15) is 0 Å². The summed E-state index contributed by atoms with van der Waals surface area (Å²) in [4.78, 5) is 0. The quantitative estimate of drug-likeness (QED) is 0.852. The number of benzene rings is 1. The van der Waals surface area contributed by atoms with E-state index in [0.717, 1.165) is 34.9 Å². The van der Waals surface area contributed by atoms with Crippen molar-refractivity contribution in [2.45, 2.75) is 52.6 Å². The Hall–Kier alpha value is -0.990. The fourth-order valence-electron chi connectivity index (χ4n) is 2.72. The molecule has 1 aromatic carbocycles. The minimum atomic E-state index is 0.606. The highest BCUT2D eigenvalue weighted by molar-refractivity contribution is 6.31. The number of hydrogen-bond acceptors (Lipinski definition) is 2. The van der Waals surface area contributed by atoms with Gasteiger partial charge in [0.1, 0.15) is 11.3 Å². The molecular weight excluding hydrogens is 270 g/mol. The molecule has 1 aliphatic carbocycles. The highest BCUT2D eigenvalue weighted by Crippen LogP contribution is 2.33. The molecule has 0 aliphatic heterocycles. The summed E-state index contributed by atoms with van der Waals surface area (Å²) in [6, 6.07) is 4.72. The molecule has 1 N–H and O–H groups in total. The van der Waals surface area contributed by atoms with Gasteiger partial charge in [-0.25, -0.2) is 0 Å². The number of fused-ring (bicyclic) bond motifs is 1. The molecule has 0 saturated heterocycles. The first kappa shape index (κ1) is 14.0. The van der Waals surface area contributed by atoms with Gasteiger partial charge < -0.3 is 9.73 Å². The molecule has 1 fully saturated rings. The van der Waals surface area contributed by atoms with Crippen molar-refractivity contribution in [1.82, 2.24) is 5.32 Å². The molecule has 0 spiro atoms. The van der Waals surface area contributed by atoms with E-state index in [4.69, 9.17) is 16.0 Å². The van der Waals surface area contributed by atoms with Crippen LogP contribution in [0.3, 0.4) is 0 Å². The summed E-state index contributed by atoms with van der Waals surface area (Å²) in [5, 5.41) is 5.54. The fraction of sp³-hybridized carbons (Fsp3) is 0.529. The molecule has 108 valence electrons. The second-order valence-corrected chi connectivity index (χ2v) is 6.79. The molecule has 1 heterocycles. The van der Waals surface area contributed by atoms with Gasteiger partial charge in [-0.3, -0.25) is 0 Å². The Labute approximate surface area is 125 Å². The second kappa shape index (κ2) is 5.42. The Kier molecular flexibility index (Phi) is 3.78. The number of furan rings is 1. The Bertz CT molecular complexity index is 625. The van der Waals surface area contributed by atoms with Crippen LogP contribution in [0, 0.1) is 12.8 Å². The lowest BCUT2D eigenvalue weighted by atomic mass is 9.99. The minimum Gasteiger partial charge on any atom is -0.459 e. The average molecular weight is 292 g/mol. The zero-order chi connectivity index (χ0) is 14.3. The van der Waals surface area contributed by atoms with Gasteiger partial charge in [0.2, 0.25) is 0 Å². The van der Waals surface area contributed by atoms with Crippen LogP contribution < -0.4 is 5.32 Å². The maximum absolute atomic E-state index is 6.22. The predicted octanol–water partition coefficient (Wildman–Crippen LogP) is 4.85. The second-order valence-electron chi connectivity index (χ2n) is 6.36. The molecule has 2 aromatic rings. The lowest BCUT2D eigenvalue weighted by molar-refractivity contribution is 0.499. The standard InChI is InChI=1S/C17H22ClNO/c1-10(2)6-14-15-8-12(18)7-11(3)17(15)20-16(14)9-19-13-4-5-13/h7-8,10,13,19H,4-6,9H2,1-3H3. The van der Waals surface area contributed by atoms with Gasteiger partial charge in [-0.05, 0) is 49.8 Å². The van der Waals surface area contributed by atoms with Gasteiger partial charge in [0.15, 0.2) is 0 Å². The first-order valence-corrected chi connectivity index (χ1v) is 7.86. The largest absolute Gasteiger partial charge is 0.459 e. The van der Waals surface area contributed by atoms with E-state index in [1.807, 2.05) is 12.1 Å². The summed E-state index contributed by atoms with van der Waals surface area (Å²) in [5.41, 5.74) is 3.45. The van der Waals surface area contributed by atoms with E-state index >= 15 is 0 Å². The van der Waals surface area contributed by atoms with Gasteiger partial charge in [0, 0.05) is 22.0 Å². The molecule has 1 aliphatic rings. The summed E-state index contributed by atoms with van der Waals surface area (Å²) in [6.45, 7) is 7.39. The van der Waals surface area contributed by atoms with Crippen molar-refractivity contribution in [1.29, 1.82) is 0 Å². The lowest BCUT2D eigenvalue weighted by Crippen LogP contribution is -2.16. The monoisotopic (exact) mass is 291 g/mol. The van der Waals surface area contributed by atoms with Crippen molar-refractivity contribution in [3.8, 4) is 0 Å². The maximum atomic E-state index is 6.22. The highest BCUT2D eigenvalue weighted by Gasteiger charge is 2.23. The molecule has 1 saturated carbocycles. The van der Waals surface area contributed by atoms with E-state index in [1.165, 1.54) is 23.8 Å². The Balaban J connectivity index is 2.03. The van der Waals surface area contributed by atoms with Crippen LogP contribution in [0.25, 0.3) is 11.0 Å². The molecule has 0 atom stereocenters. The molecule has 0 radical (unpaired) electrons. The molecular formula is C17H22ClNO. The normalized spacial score (nSPS) is 15.4. The van der Waals surface area contributed by atoms with Crippen LogP contribution in [0.15, 0.2) is 16.5 Å². The molecule has 2 nitrogen and oxygen atoms in total. The van der Waals surface area contributed by atoms with Crippen LogP contribution in [0.5, 0.6) is 0 Å². The molecule has 0 amide bonds. The summed E-state index contributed by atoms with van der Waals surface area (Å²) >= 11 is 6.22. The number of halogens is 1. The molecule has 20 heavy (non-hydrogen) atoms. The van der Waals surface area contributed by atoms with Crippen LogP contribution >= 0.6 is 11.6 Å². The van der Waals surface area contributed by atoms with E-state index < -0.39 is 0 Å². The van der Waals surface area contributed by atoms with Gasteiger partial charge in [0.25, 0.3) is 0 Å². The third-order valence-corrected chi connectivity index (χ3v) is 4.09. The van der Waals surface area contributed by atoms with Gasteiger partial charge in [0.05, 0.1) is 6.54 Å². The predicted molar refractivity (Wildman–Crippen MR) is 84.4 cm³/mol. The van der Waals surface area contributed by atoms with Crippen molar-refractivity contribution >= 4 is 22.6 Å². The van der Waals surface area contributed by atoms with E-state index in [-0.39, 0.29) is 0 Å². The number of nitrogens with one attached hydrogen (secondary N) is 1. The average Bonchev–Trinajstić information content (AvgIpc) is 3.12. The van der Waals surface area contributed by atoms with Crippen molar-refractivity contribution in [3.05, 3.63) is 34.0 Å². The summed E-state index contributed by atoms with van der Waals surface area (Å²) in [5.74, 6) is 1.70. The Morgan fingerprint density at radius 2 is 2.10 bits per heavy atom. The minimum absolute atomic E-state index is 0.606. The van der Waals surface area contributed by atoms with Crippen LogP contribution in [-0.4, -0.2) is 6.04 Å². The molecule has 0 bridgehead atoms. The first-order chi connectivity index (χ1) is 9.54. The van der Waals surface area contributed by atoms with Gasteiger partial charge in [-0.15, -0.1) is 0 Å². The van der Waals surface area contributed by atoms with Crippen molar-refractivity contribution in [2.24, 2.45) is 5.92 Å². The van der Waals surface area contributed by atoms with Gasteiger partial charge >= 0.3 is 0 Å². The first-order valence-electron chi connectivity index (χ1n) is 7.48. The Morgan fingerprint density at radius 1 is 1.35 bits per heavy atom. The number of hydrogen-bond donors (Lipinski definition) is 1. The summed E-state index contributed by atoms with van der Waals surface area (Å²) in [6.07, 6.45) is 3.63. The highest BCUT2D eigenvalue weighted by atomic mass is 35.5. The van der Waals surface area contributed by atoms with Crippen molar-refractivity contribution in [2.75, 3.05) is 0 Å². The summed E-state index contributed by atoms with van der Waals surface area (Å²) < 4.78 is 6.14. The number of rotatable bonds is 5. The van der Waals surface area contributed by atoms with Crippen LogP contribution in [0.2, 0.25) is 5.02 Å². The molecule has 1 aromatic heterocycles. The van der Waals surface area contributed by atoms with Crippen LogP contribution in [0.4, 0.5) is 0 Å². The molecule has 3 heteroatoms. The van der Waals surface area contributed by atoms with Crippen LogP contribution in [0.1, 0.15) is 43.6 Å². The third-order valence-electron chi connectivity index (χ3n) is 3.87. The summed E-state index contributed by atoms with van der Waals surface area (Å²) in [7, 11) is 0. The topological polar surface area (TPSA) is 25.2 Å². The van der Waals surface area contributed by atoms with Crippen LogP contribution in [-0.2, 0) is 13.0 Å². The Morgan fingerprint density at radius 3 is 2.75 bits per heavy atom. The van der Waals surface area contributed by atoms with E-state index in [0.29, 0.717) is 12.0 Å². The lowest BCUT2D eigenvalue weighted by Gasteiger charge is -2.07. The van der Waals surface area contributed by atoms with Gasteiger partial charge in [-0.1, -0.05) is 25.4 Å². The van der Waals surface area contributed by atoms with E-state index in [9.17, 15) is 0 Å². The molecule has 3 rings (SSSR count). The van der Waals surface area contributed by atoms with E-state index in [1.54, 1.807) is 0 Å². The maximum Gasteiger partial charge on any atom is 0.137 e. The molecule has 0 unspecified atom stereocenters. The third kappa shape index (κ3) is 2.87. The fourth-order valence-corrected chi connectivity index (χ4v) is 3.00.